The van der Waals surface area contributed by atoms with Crippen LogP contribution in [0.3, 0.4) is 0 Å². The first-order valence-electron chi connectivity index (χ1n) is 8.30. The smallest absolute Gasteiger partial charge is 0.170 e. The van der Waals surface area contributed by atoms with Gasteiger partial charge in [-0.3, -0.25) is 4.90 Å². The molecule has 0 amide bonds. The molecule has 6 heteroatoms. The van der Waals surface area contributed by atoms with Crippen LogP contribution in [0.25, 0.3) is 0 Å². The molecule has 128 valence electrons. The van der Waals surface area contributed by atoms with Crippen molar-refractivity contribution >= 4 is 23.0 Å². The van der Waals surface area contributed by atoms with Crippen molar-refractivity contribution in [2.24, 2.45) is 0 Å². The number of nitrogens with zero attached hydrogens (tertiary/aromatic N) is 1. The highest BCUT2D eigenvalue weighted by Gasteiger charge is 2.24. The number of likely N-dealkylation sites (tertiary alicyclic amines) is 1. The highest BCUT2D eigenvalue weighted by Crippen LogP contribution is 2.24. The first kappa shape index (κ1) is 16.9. The van der Waals surface area contributed by atoms with Crippen molar-refractivity contribution in [3.8, 4) is 0 Å². The summed E-state index contributed by atoms with van der Waals surface area (Å²) in [6.45, 7) is 2.82. The van der Waals surface area contributed by atoms with E-state index in [9.17, 15) is 4.39 Å². The summed E-state index contributed by atoms with van der Waals surface area (Å²) >= 11 is 5.35. The number of anilines is 1. The van der Waals surface area contributed by atoms with E-state index in [1.165, 1.54) is 31.4 Å². The number of halogens is 1. The van der Waals surface area contributed by atoms with E-state index >= 15 is 0 Å². The van der Waals surface area contributed by atoms with Crippen molar-refractivity contribution in [3.05, 3.63) is 54.2 Å². The lowest BCUT2D eigenvalue weighted by molar-refractivity contribution is 0.146. The third-order valence-electron chi connectivity index (χ3n) is 4.26. The largest absolute Gasteiger partial charge is 0.468 e. The molecular formula is C18H22FN3OS. The van der Waals surface area contributed by atoms with Gasteiger partial charge in [0, 0.05) is 12.2 Å². The molecule has 0 spiro atoms. The molecule has 0 bridgehead atoms. The van der Waals surface area contributed by atoms with Crippen LogP contribution in [-0.2, 0) is 0 Å². The third kappa shape index (κ3) is 4.55. The van der Waals surface area contributed by atoms with Gasteiger partial charge < -0.3 is 15.1 Å². The summed E-state index contributed by atoms with van der Waals surface area (Å²) in [4.78, 5) is 2.44. The average molecular weight is 347 g/mol. The van der Waals surface area contributed by atoms with Gasteiger partial charge in [0.2, 0.25) is 0 Å². The predicted molar refractivity (Wildman–Crippen MR) is 97.5 cm³/mol. The van der Waals surface area contributed by atoms with Crippen molar-refractivity contribution in [3.63, 3.8) is 0 Å². The van der Waals surface area contributed by atoms with Crippen LogP contribution < -0.4 is 10.6 Å². The molecule has 1 saturated heterocycles. The molecule has 2 N–H and O–H groups in total. The molecule has 0 saturated carbocycles. The van der Waals surface area contributed by atoms with Crippen LogP contribution in [-0.4, -0.2) is 29.6 Å². The first-order valence-corrected chi connectivity index (χ1v) is 8.71. The van der Waals surface area contributed by atoms with Crippen LogP contribution in [0.15, 0.2) is 47.1 Å². The summed E-state index contributed by atoms with van der Waals surface area (Å²) in [7, 11) is 0. The average Bonchev–Trinajstić information content (AvgIpc) is 3.12. The standard InChI is InChI=1S/C18H22FN3OS/c19-14-6-8-15(9-7-14)21-18(24)20-13-16(17-5-4-12-23-17)22-10-2-1-3-11-22/h4-9,12,16H,1-3,10-11,13H2,(H2,20,21,24)/t16-/m0/s1. The highest BCUT2D eigenvalue weighted by atomic mass is 32.1. The Kier molecular flexibility index (Phi) is 5.82. The Labute approximate surface area is 147 Å². The van der Waals surface area contributed by atoms with E-state index in [1.807, 2.05) is 12.1 Å². The van der Waals surface area contributed by atoms with Gasteiger partial charge >= 0.3 is 0 Å². The van der Waals surface area contributed by atoms with Crippen molar-refractivity contribution in [2.45, 2.75) is 25.3 Å². The minimum absolute atomic E-state index is 0.160. The van der Waals surface area contributed by atoms with Gasteiger partial charge in [-0.15, -0.1) is 0 Å². The van der Waals surface area contributed by atoms with Gasteiger partial charge in [0.25, 0.3) is 0 Å². The number of benzene rings is 1. The van der Waals surface area contributed by atoms with Gasteiger partial charge in [0.15, 0.2) is 5.11 Å². The van der Waals surface area contributed by atoms with Crippen molar-refractivity contribution < 1.29 is 8.81 Å². The second-order valence-electron chi connectivity index (χ2n) is 5.97. The summed E-state index contributed by atoms with van der Waals surface area (Å²) in [6, 6.07) is 10.2. The van der Waals surface area contributed by atoms with Gasteiger partial charge in [0.1, 0.15) is 11.6 Å². The van der Waals surface area contributed by atoms with Crippen LogP contribution in [0.5, 0.6) is 0 Å². The lowest BCUT2D eigenvalue weighted by Crippen LogP contribution is -2.41. The zero-order valence-corrected chi connectivity index (χ0v) is 14.3. The molecule has 0 unspecified atom stereocenters. The Morgan fingerprint density at radius 1 is 1.17 bits per heavy atom. The lowest BCUT2D eigenvalue weighted by Gasteiger charge is -2.33. The molecule has 1 aromatic heterocycles. The summed E-state index contributed by atoms with van der Waals surface area (Å²) in [5.74, 6) is 0.691. The number of piperidine rings is 1. The van der Waals surface area contributed by atoms with Gasteiger partial charge in [-0.05, 0) is 74.5 Å². The predicted octanol–water partition coefficient (Wildman–Crippen LogP) is 3.93. The molecule has 2 aromatic rings. The Balaban J connectivity index is 1.58. The monoisotopic (exact) mass is 347 g/mol. The van der Waals surface area contributed by atoms with Crippen LogP contribution in [0.2, 0.25) is 0 Å². The van der Waals surface area contributed by atoms with Gasteiger partial charge in [-0.25, -0.2) is 4.39 Å². The van der Waals surface area contributed by atoms with E-state index in [1.54, 1.807) is 18.4 Å². The van der Waals surface area contributed by atoms with E-state index < -0.39 is 0 Å². The quantitative estimate of drug-likeness (QED) is 0.802. The number of furan rings is 1. The van der Waals surface area contributed by atoms with E-state index in [4.69, 9.17) is 16.6 Å². The second-order valence-corrected chi connectivity index (χ2v) is 6.38. The van der Waals surface area contributed by atoms with Crippen LogP contribution in [0.1, 0.15) is 31.1 Å². The Hall–Kier alpha value is -1.92. The second kappa shape index (κ2) is 8.26. The topological polar surface area (TPSA) is 40.4 Å². The number of nitrogens with one attached hydrogen (secondary N) is 2. The summed E-state index contributed by atoms with van der Waals surface area (Å²) in [6.07, 6.45) is 5.44. The molecule has 3 rings (SSSR count). The normalized spacial score (nSPS) is 16.5. The van der Waals surface area contributed by atoms with Gasteiger partial charge in [-0.1, -0.05) is 6.42 Å². The minimum Gasteiger partial charge on any atom is -0.468 e. The molecular weight excluding hydrogens is 325 g/mol. The van der Waals surface area contributed by atoms with Crippen LogP contribution >= 0.6 is 12.2 Å². The van der Waals surface area contributed by atoms with Crippen LogP contribution in [0.4, 0.5) is 10.1 Å². The lowest BCUT2D eigenvalue weighted by atomic mass is 10.1. The molecule has 0 aliphatic carbocycles. The van der Waals surface area contributed by atoms with E-state index in [2.05, 4.69) is 15.5 Å². The van der Waals surface area contributed by atoms with Crippen molar-refractivity contribution in [2.75, 3.05) is 25.0 Å². The zero-order valence-electron chi connectivity index (χ0n) is 13.5. The highest BCUT2D eigenvalue weighted by molar-refractivity contribution is 7.80. The van der Waals surface area contributed by atoms with Crippen molar-refractivity contribution in [1.29, 1.82) is 0 Å². The third-order valence-corrected chi connectivity index (χ3v) is 4.51. The Morgan fingerprint density at radius 2 is 1.92 bits per heavy atom. The fourth-order valence-corrected chi connectivity index (χ4v) is 3.22. The maximum Gasteiger partial charge on any atom is 0.170 e. The minimum atomic E-state index is -0.262. The molecule has 1 aromatic carbocycles. The maximum absolute atomic E-state index is 12.9. The Morgan fingerprint density at radius 3 is 2.58 bits per heavy atom. The van der Waals surface area contributed by atoms with E-state index in [-0.39, 0.29) is 11.9 Å². The molecule has 1 fully saturated rings. The van der Waals surface area contributed by atoms with E-state index in [0.717, 1.165) is 24.5 Å². The SMILES string of the molecule is Fc1ccc(NC(=S)NC[C@@H](c2ccco2)N2CCCCC2)cc1. The number of hydrogen-bond donors (Lipinski definition) is 2. The molecule has 1 atom stereocenters. The van der Waals surface area contributed by atoms with Gasteiger partial charge in [0.05, 0.1) is 12.3 Å². The van der Waals surface area contributed by atoms with E-state index in [0.29, 0.717) is 11.7 Å². The molecule has 1 aliphatic rings. The molecule has 4 nitrogen and oxygen atoms in total. The first-order chi connectivity index (χ1) is 11.7. The fourth-order valence-electron chi connectivity index (χ4n) is 3.02. The number of hydrogen-bond acceptors (Lipinski definition) is 3. The molecule has 2 heterocycles. The molecule has 24 heavy (non-hydrogen) atoms. The summed E-state index contributed by atoms with van der Waals surface area (Å²) in [5, 5.41) is 6.86. The maximum atomic E-state index is 12.9. The molecule has 0 radical (unpaired) electrons. The summed E-state index contributed by atoms with van der Waals surface area (Å²) < 4.78 is 18.6. The van der Waals surface area contributed by atoms with Gasteiger partial charge in [-0.2, -0.15) is 0 Å². The summed E-state index contributed by atoms with van der Waals surface area (Å²) in [5.41, 5.74) is 0.765. The molecule has 1 aliphatic heterocycles. The fraction of sp³-hybridized carbons (Fsp3) is 0.389. The zero-order chi connectivity index (χ0) is 16.8. The van der Waals surface area contributed by atoms with Crippen LogP contribution in [0, 0.1) is 5.82 Å². The van der Waals surface area contributed by atoms with Crippen molar-refractivity contribution in [1.82, 2.24) is 10.2 Å². The number of rotatable bonds is 5. The Bertz CT molecular complexity index is 639. The number of thiocarbonyl (C=S) groups is 1.